The molecule has 0 N–H and O–H groups in total. The van der Waals surface area contributed by atoms with Gasteiger partial charge in [0.15, 0.2) is 0 Å². The Labute approximate surface area is 205 Å². The van der Waals surface area contributed by atoms with E-state index < -0.39 is 17.7 Å². The van der Waals surface area contributed by atoms with Gasteiger partial charge in [-0.1, -0.05) is 76.8 Å². The monoisotopic (exact) mass is 488 g/mol. The van der Waals surface area contributed by atoms with Crippen LogP contribution >= 0.6 is 0 Å². The third kappa shape index (κ3) is 11.5. The fraction of sp³-hybridized carbons (Fsp3) is 0.786. The van der Waals surface area contributed by atoms with E-state index in [1.807, 2.05) is 13.8 Å². The largest absolute Gasteiger partial charge is 0.416 e. The molecule has 0 aliphatic rings. The molecule has 1 aromatic carbocycles. The van der Waals surface area contributed by atoms with E-state index in [0.717, 1.165) is 56.9 Å². The Hall–Kier alpha value is -1.11. The summed E-state index contributed by atoms with van der Waals surface area (Å²) in [5, 5.41) is 0. The average Bonchev–Trinajstić information content (AvgIpc) is 2.80. The number of methoxy groups -OCH3 is 2. The zero-order valence-corrected chi connectivity index (χ0v) is 22.0. The molecule has 34 heavy (non-hydrogen) atoms. The Kier molecular flexibility index (Phi) is 15.0. The normalized spacial score (nSPS) is 13.6. The maximum atomic E-state index is 12.7. The van der Waals surface area contributed by atoms with Crippen molar-refractivity contribution in [3.8, 4) is 0 Å². The van der Waals surface area contributed by atoms with Crippen LogP contribution in [0, 0.1) is 5.92 Å². The van der Waals surface area contributed by atoms with Gasteiger partial charge in [0.2, 0.25) is 0 Å². The second-order valence-corrected chi connectivity index (χ2v) is 9.58. The van der Waals surface area contributed by atoms with Gasteiger partial charge in [0.25, 0.3) is 5.97 Å². The Bertz CT molecular complexity index is 625. The van der Waals surface area contributed by atoms with Crippen molar-refractivity contribution in [3.63, 3.8) is 0 Å². The molecule has 0 aliphatic heterocycles. The van der Waals surface area contributed by atoms with Crippen LogP contribution in [-0.4, -0.2) is 26.3 Å². The van der Waals surface area contributed by atoms with E-state index in [4.69, 9.17) is 14.2 Å². The molecule has 0 saturated heterocycles. The van der Waals surface area contributed by atoms with Gasteiger partial charge in [-0.15, -0.1) is 0 Å². The third-order valence-electron chi connectivity index (χ3n) is 6.42. The van der Waals surface area contributed by atoms with Crippen molar-refractivity contribution in [2.45, 2.75) is 122 Å². The Morgan fingerprint density at radius 3 is 1.71 bits per heavy atom. The van der Waals surface area contributed by atoms with Crippen molar-refractivity contribution in [2.75, 3.05) is 14.2 Å². The molecular weight excluding hydrogens is 441 g/mol. The van der Waals surface area contributed by atoms with Crippen LogP contribution in [0.3, 0.4) is 0 Å². The third-order valence-corrected chi connectivity index (χ3v) is 6.42. The summed E-state index contributed by atoms with van der Waals surface area (Å²) in [7, 11) is 3.31. The highest BCUT2D eigenvalue weighted by molar-refractivity contribution is 5.24. The summed E-state index contributed by atoms with van der Waals surface area (Å²) < 4.78 is 55.8. The summed E-state index contributed by atoms with van der Waals surface area (Å²) in [5.74, 6) is -0.858. The van der Waals surface area contributed by atoms with Gasteiger partial charge in [-0.05, 0) is 57.2 Å². The SMILES string of the molecule is CCCCCCCCC(CCCCCCc1ccc(C(F)(F)F)cc1)C(OC)(OC)OC(C)C. The highest BCUT2D eigenvalue weighted by atomic mass is 19.4. The number of hydrogen-bond acceptors (Lipinski definition) is 3. The molecule has 0 bridgehead atoms. The molecule has 1 atom stereocenters. The Morgan fingerprint density at radius 2 is 1.24 bits per heavy atom. The van der Waals surface area contributed by atoms with E-state index in [9.17, 15) is 13.2 Å². The molecule has 1 unspecified atom stereocenters. The number of aryl methyl sites for hydroxylation is 1. The van der Waals surface area contributed by atoms with Crippen LogP contribution in [0.4, 0.5) is 13.2 Å². The first-order chi connectivity index (χ1) is 16.2. The molecule has 0 amide bonds. The van der Waals surface area contributed by atoms with E-state index in [1.54, 1.807) is 26.4 Å². The van der Waals surface area contributed by atoms with Gasteiger partial charge >= 0.3 is 6.18 Å². The van der Waals surface area contributed by atoms with Crippen LogP contribution in [-0.2, 0) is 26.8 Å². The van der Waals surface area contributed by atoms with Gasteiger partial charge in [0.05, 0.1) is 11.7 Å². The standard InChI is InChI=1S/C28H47F3O3/c1-6-7-8-9-10-14-17-26(28(32-4,33-5)34-23(2)3)18-15-12-11-13-16-24-19-21-25(22-20-24)27(29,30)31/h19-23,26H,6-18H2,1-5H3. The molecule has 0 radical (unpaired) electrons. The molecule has 1 aromatic rings. The molecule has 1 rings (SSSR count). The number of benzene rings is 1. The molecule has 0 fully saturated rings. The van der Waals surface area contributed by atoms with Crippen molar-refractivity contribution in [1.82, 2.24) is 0 Å². The van der Waals surface area contributed by atoms with Crippen LogP contribution in [0.2, 0.25) is 0 Å². The summed E-state index contributed by atoms with van der Waals surface area (Å²) in [5.41, 5.74) is 0.369. The Morgan fingerprint density at radius 1 is 0.735 bits per heavy atom. The molecule has 6 heteroatoms. The summed E-state index contributed by atoms with van der Waals surface area (Å²) in [6.07, 6.45) is 10.1. The molecule has 0 saturated carbocycles. The van der Waals surface area contributed by atoms with E-state index in [-0.39, 0.29) is 12.0 Å². The number of halogens is 3. The fourth-order valence-electron chi connectivity index (χ4n) is 4.54. The minimum atomic E-state index is -4.27. The highest BCUT2D eigenvalue weighted by Gasteiger charge is 2.41. The Balaban J connectivity index is 2.51. The van der Waals surface area contributed by atoms with E-state index in [2.05, 4.69) is 6.92 Å². The average molecular weight is 489 g/mol. The lowest BCUT2D eigenvalue weighted by Gasteiger charge is -2.39. The summed E-state index contributed by atoms with van der Waals surface area (Å²) >= 11 is 0. The lowest BCUT2D eigenvalue weighted by atomic mass is 9.91. The van der Waals surface area contributed by atoms with Crippen molar-refractivity contribution in [1.29, 1.82) is 0 Å². The maximum absolute atomic E-state index is 12.7. The first-order valence-electron chi connectivity index (χ1n) is 13.1. The molecular formula is C28H47F3O3. The number of hydrogen-bond donors (Lipinski definition) is 0. The molecule has 0 spiro atoms. The van der Waals surface area contributed by atoms with Crippen molar-refractivity contribution in [3.05, 3.63) is 35.4 Å². The van der Waals surface area contributed by atoms with Crippen molar-refractivity contribution in [2.24, 2.45) is 5.92 Å². The van der Waals surface area contributed by atoms with Crippen LogP contribution in [0.1, 0.15) is 109 Å². The minimum absolute atomic E-state index is 0.00399. The first kappa shape index (κ1) is 30.9. The molecule has 198 valence electrons. The molecule has 0 aliphatic carbocycles. The molecule has 3 nitrogen and oxygen atoms in total. The topological polar surface area (TPSA) is 27.7 Å². The smallest absolute Gasteiger partial charge is 0.331 e. The van der Waals surface area contributed by atoms with Gasteiger partial charge in [0, 0.05) is 20.1 Å². The summed E-state index contributed by atoms with van der Waals surface area (Å²) in [6.45, 7) is 6.22. The van der Waals surface area contributed by atoms with Gasteiger partial charge in [-0.2, -0.15) is 13.2 Å². The van der Waals surface area contributed by atoms with Gasteiger partial charge in [-0.25, -0.2) is 0 Å². The second-order valence-electron chi connectivity index (χ2n) is 9.58. The molecule has 0 aromatic heterocycles. The first-order valence-corrected chi connectivity index (χ1v) is 13.1. The van der Waals surface area contributed by atoms with Crippen LogP contribution in [0.25, 0.3) is 0 Å². The van der Waals surface area contributed by atoms with Crippen molar-refractivity contribution >= 4 is 0 Å². The maximum Gasteiger partial charge on any atom is 0.416 e. The molecule has 0 heterocycles. The van der Waals surface area contributed by atoms with Gasteiger partial charge in [0.1, 0.15) is 0 Å². The van der Waals surface area contributed by atoms with Crippen LogP contribution in [0.5, 0.6) is 0 Å². The van der Waals surface area contributed by atoms with E-state index in [1.165, 1.54) is 44.2 Å². The van der Waals surface area contributed by atoms with Gasteiger partial charge in [-0.3, -0.25) is 0 Å². The fourth-order valence-corrected chi connectivity index (χ4v) is 4.54. The van der Waals surface area contributed by atoms with Crippen LogP contribution < -0.4 is 0 Å². The zero-order valence-electron chi connectivity index (χ0n) is 22.0. The summed E-state index contributed by atoms with van der Waals surface area (Å²) in [6, 6.07) is 5.53. The van der Waals surface area contributed by atoms with E-state index >= 15 is 0 Å². The van der Waals surface area contributed by atoms with E-state index in [0.29, 0.717) is 0 Å². The zero-order chi connectivity index (χ0) is 25.5. The second kappa shape index (κ2) is 16.5. The van der Waals surface area contributed by atoms with Crippen molar-refractivity contribution < 1.29 is 27.4 Å². The number of rotatable bonds is 19. The number of alkyl halides is 3. The minimum Gasteiger partial charge on any atom is -0.331 e. The van der Waals surface area contributed by atoms with Gasteiger partial charge < -0.3 is 14.2 Å². The lowest BCUT2D eigenvalue weighted by molar-refractivity contribution is -0.399. The highest BCUT2D eigenvalue weighted by Crippen LogP contribution is 2.34. The number of ether oxygens (including phenoxy) is 3. The van der Waals surface area contributed by atoms with Crippen LogP contribution in [0.15, 0.2) is 24.3 Å². The lowest BCUT2D eigenvalue weighted by Crippen LogP contribution is -2.46. The quantitative estimate of drug-likeness (QED) is 0.144. The predicted octanol–water partition coefficient (Wildman–Crippen LogP) is 8.94. The summed E-state index contributed by atoms with van der Waals surface area (Å²) in [4.78, 5) is 0. The predicted molar refractivity (Wildman–Crippen MR) is 133 cm³/mol. The number of unbranched alkanes of at least 4 members (excludes halogenated alkanes) is 8.